The number of amidine groups is 1. The molecular weight excluding hydrogens is 284 g/mol. The van der Waals surface area contributed by atoms with Gasteiger partial charge in [-0.1, -0.05) is 24.3 Å². The number of hydrogen-bond acceptors (Lipinski definition) is 5. The topological polar surface area (TPSA) is 140 Å². The Hall–Kier alpha value is -3.16. The second-order valence-corrected chi connectivity index (χ2v) is 4.67. The molecule has 0 spiro atoms. The maximum Gasteiger partial charge on any atom is 0.276 e. The van der Waals surface area contributed by atoms with Gasteiger partial charge in [0, 0.05) is 12.1 Å². The molecule has 6 N–H and O–H groups in total. The number of carbonyl (C=O) groups is 1. The van der Waals surface area contributed by atoms with Crippen molar-refractivity contribution < 1.29 is 4.79 Å². The van der Waals surface area contributed by atoms with Gasteiger partial charge in [0.05, 0.1) is 12.5 Å². The maximum atomic E-state index is 11.8. The summed E-state index contributed by atoms with van der Waals surface area (Å²) < 4.78 is 1.14. The van der Waals surface area contributed by atoms with Crippen LogP contribution in [0.3, 0.4) is 0 Å². The van der Waals surface area contributed by atoms with E-state index >= 15 is 0 Å². The molecule has 0 unspecified atom stereocenters. The lowest BCUT2D eigenvalue weighted by molar-refractivity contribution is -0.121. The highest BCUT2D eigenvalue weighted by Crippen LogP contribution is 2.03. The van der Waals surface area contributed by atoms with Crippen molar-refractivity contribution in [1.82, 2.24) is 14.9 Å². The van der Waals surface area contributed by atoms with Crippen LogP contribution in [0.15, 0.2) is 41.6 Å². The Bertz CT molecular complexity index is 751. The third-order valence-electron chi connectivity index (χ3n) is 3.00. The second-order valence-electron chi connectivity index (χ2n) is 4.67. The summed E-state index contributed by atoms with van der Waals surface area (Å²) in [7, 11) is 0. The third-order valence-corrected chi connectivity index (χ3v) is 3.00. The van der Waals surface area contributed by atoms with Crippen molar-refractivity contribution in [3.63, 3.8) is 0 Å². The highest BCUT2D eigenvalue weighted by Gasteiger charge is 2.06. The fourth-order valence-corrected chi connectivity index (χ4v) is 1.79. The van der Waals surface area contributed by atoms with Gasteiger partial charge in [0.15, 0.2) is 0 Å². The molecule has 1 heterocycles. The van der Waals surface area contributed by atoms with Crippen molar-refractivity contribution in [1.29, 1.82) is 5.41 Å². The van der Waals surface area contributed by atoms with E-state index < -0.39 is 5.56 Å². The number of anilines is 1. The molecule has 2 rings (SSSR count). The first-order valence-corrected chi connectivity index (χ1v) is 6.47. The van der Waals surface area contributed by atoms with Crippen molar-refractivity contribution in [2.75, 3.05) is 5.73 Å². The minimum Gasteiger partial charge on any atom is -0.393 e. The number of amides is 1. The maximum absolute atomic E-state index is 11.8. The molecular formula is C14H16N6O2. The van der Waals surface area contributed by atoms with Gasteiger partial charge in [0.25, 0.3) is 5.56 Å². The Morgan fingerprint density at radius 2 is 2.00 bits per heavy atom. The highest BCUT2D eigenvalue weighted by molar-refractivity contribution is 5.94. The van der Waals surface area contributed by atoms with Crippen LogP contribution in [0.2, 0.25) is 0 Å². The normalized spacial score (nSPS) is 10.2. The summed E-state index contributed by atoms with van der Waals surface area (Å²) in [5.74, 6) is -0.339. The van der Waals surface area contributed by atoms with Crippen molar-refractivity contribution >= 4 is 17.4 Å². The highest BCUT2D eigenvalue weighted by atomic mass is 16.2. The molecule has 0 saturated carbocycles. The van der Waals surface area contributed by atoms with E-state index in [4.69, 9.17) is 16.9 Å². The van der Waals surface area contributed by atoms with Crippen LogP contribution >= 0.6 is 0 Å². The average molecular weight is 300 g/mol. The minimum atomic E-state index is -0.448. The third kappa shape index (κ3) is 3.69. The van der Waals surface area contributed by atoms with E-state index in [1.54, 1.807) is 24.3 Å². The summed E-state index contributed by atoms with van der Waals surface area (Å²) >= 11 is 0. The molecule has 1 aromatic heterocycles. The molecule has 0 radical (unpaired) electrons. The molecule has 22 heavy (non-hydrogen) atoms. The number of benzene rings is 1. The lowest BCUT2D eigenvalue weighted by atomic mass is 10.1. The number of rotatable bonds is 5. The SMILES string of the molecule is N=C(N)c1ccc(CNC(=O)Cn2cncc(N)c2=O)cc1. The second kappa shape index (κ2) is 6.53. The van der Waals surface area contributed by atoms with E-state index in [-0.39, 0.29) is 24.0 Å². The van der Waals surface area contributed by atoms with Gasteiger partial charge in [0.1, 0.15) is 18.1 Å². The first kappa shape index (κ1) is 15.2. The van der Waals surface area contributed by atoms with E-state index in [1.165, 1.54) is 12.5 Å². The molecule has 0 bridgehead atoms. The quantitative estimate of drug-likeness (QED) is 0.432. The van der Waals surface area contributed by atoms with Gasteiger partial charge in [-0.15, -0.1) is 0 Å². The fourth-order valence-electron chi connectivity index (χ4n) is 1.79. The number of carbonyl (C=O) groups excluding carboxylic acids is 1. The summed E-state index contributed by atoms with van der Waals surface area (Å²) in [6, 6.07) is 6.95. The van der Waals surface area contributed by atoms with Crippen LogP contribution in [0.5, 0.6) is 0 Å². The number of nitrogens with one attached hydrogen (secondary N) is 2. The largest absolute Gasteiger partial charge is 0.393 e. The van der Waals surface area contributed by atoms with Crippen LogP contribution in [0, 0.1) is 5.41 Å². The zero-order chi connectivity index (χ0) is 16.1. The van der Waals surface area contributed by atoms with Crippen molar-refractivity contribution in [3.05, 3.63) is 58.3 Å². The van der Waals surface area contributed by atoms with Gasteiger partial charge in [-0.25, -0.2) is 4.98 Å². The summed E-state index contributed by atoms with van der Waals surface area (Å²) in [6.07, 6.45) is 2.51. The predicted molar refractivity (Wildman–Crippen MR) is 82.2 cm³/mol. The van der Waals surface area contributed by atoms with Crippen molar-refractivity contribution in [2.24, 2.45) is 5.73 Å². The van der Waals surface area contributed by atoms with Crippen LogP contribution in [0.1, 0.15) is 11.1 Å². The zero-order valence-electron chi connectivity index (χ0n) is 11.7. The van der Waals surface area contributed by atoms with Crippen LogP contribution in [0.4, 0.5) is 5.69 Å². The molecule has 114 valence electrons. The van der Waals surface area contributed by atoms with E-state index in [0.29, 0.717) is 12.1 Å². The van der Waals surface area contributed by atoms with Gasteiger partial charge in [-0.2, -0.15) is 0 Å². The Morgan fingerprint density at radius 3 is 2.64 bits per heavy atom. The number of aromatic nitrogens is 2. The Labute approximate surface area is 126 Å². The van der Waals surface area contributed by atoms with E-state index in [0.717, 1.165) is 10.1 Å². The predicted octanol–water partition coefficient (Wildman–Crippen LogP) is -0.574. The number of hydrogen-bond donors (Lipinski definition) is 4. The summed E-state index contributed by atoms with van der Waals surface area (Å²) in [5, 5.41) is 9.99. The summed E-state index contributed by atoms with van der Waals surface area (Å²) in [6.45, 7) is 0.157. The molecule has 0 aliphatic rings. The van der Waals surface area contributed by atoms with Gasteiger partial charge in [-0.3, -0.25) is 19.6 Å². The lowest BCUT2D eigenvalue weighted by Gasteiger charge is -2.08. The van der Waals surface area contributed by atoms with Gasteiger partial charge >= 0.3 is 0 Å². The number of nitrogens with zero attached hydrogens (tertiary/aromatic N) is 2. The van der Waals surface area contributed by atoms with Crippen LogP contribution < -0.4 is 22.3 Å². The van der Waals surface area contributed by atoms with Crippen molar-refractivity contribution in [2.45, 2.75) is 13.1 Å². The molecule has 0 aliphatic carbocycles. The molecule has 0 saturated heterocycles. The molecule has 1 amide bonds. The molecule has 8 nitrogen and oxygen atoms in total. The average Bonchev–Trinajstić information content (AvgIpc) is 2.50. The van der Waals surface area contributed by atoms with Crippen LogP contribution in [-0.2, 0) is 17.9 Å². The first-order valence-electron chi connectivity index (χ1n) is 6.47. The smallest absolute Gasteiger partial charge is 0.276 e. The van der Waals surface area contributed by atoms with E-state index in [9.17, 15) is 9.59 Å². The standard InChI is InChI=1S/C14H16N6O2/c15-11-6-18-8-20(14(11)22)7-12(21)19-5-9-1-3-10(4-2-9)13(16)17/h1-4,6,8H,5,7,15H2,(H3,16,17)(H,19,21). The van der Waals surface area contributed by atoms with Gasteiger partial charge in [0.2, 0.25) is 5.91 Å². The number of nitrogens with two attached hydrogens (primary N) is 2. The molecule has 0 aliphatic heterocycles. The van der Waals surface area contributed by atoms with E-state index in [2.05, 4.69) is 10.3 Å². The molecule has 0 atom stereocenters. The number of nitrogen functional groups attached to an aromatic ring is 2. The Balaban J connectivity index is 1.94. The van der Waals surface area contributed by atoms with Crippen molar-refractivity contribution in [3.8, 4) is 0 Å². The molecule has 1 aromatic carbocycles. The van der Waals surface area contributed by atoms with Crippen LogP contribution in [0.25, 0.3) is 0 Å². The Kier molecular flexibility index (Phi) is 4.52. The summed E-state index contributed by atoms with van der Waals surface area (Å²) in [5.41, 5.74) is 11.8. The fraction of sp³-hybridized carbons (Fsp3) is 0.143. The monoisotopic (exact) mass is 300 g/mol. The first-order chi connectivity index (χ1) is 10.5. The lowest BCUT2D eigenvalue weighted by Crippen LogP contribution is -2.32. The Morgan fingerprint density at radius 1 is 1.32 bits per heavy atom. The summed E-state index contributed by atoms with van der Waals surface area (Å²) in [4.78, 5) is 27.3. The van der Waals surface area contributed by atoms with Gasteiger partial charge in [-0.05, 0) is 5.56 Å². The zero-order valence-corrected chi connectivity index (χ0v) is 11.7. The van der Waals surface area contributed by atoms with Crippen LogP contribution in [-0.4, -0.2) is 21.3 Å². The van der Waals surface area contributed by atoms with Gasteiger partial charge < -0.3 is 16.8 Å². The molecule has 2 aromatic rings. The molecule has 8 heteroatoms. The molecule has 0 fully saturated rings. The minimum absolute atomic E-state index is 0.00452. The van der Waals surface area contributed by atoms with E-state index in [1.807, 2.05) is 0 Å².